The molecule has 9 atom stereocenters. The van der Waals surface area contributed by atoms with Gasteiger partial charge in [0.1, 0.15) is 18.3 Å². The second kappa shape index (κ2) is 5.75. The quantitative estimate of drug-likeness (QED) is 0.715. The van der Waals surface area contributed by atoms with Crippen molar-refractivity contribution in [2.24, 2.45) is 23.7 Å². The van der Waals surface area contributed by atoms with E-state index in [9.17, 15) is 0 Å². The van der Waals surface area contributed by atoms with Crippen LogP contribution in [0.15, 0.2) is 12.2 Å². The van der Waals surface area contributed by atoms with Crippen LogP contribution in [0, 0.1) is 23.7 Å². The summed E-state index contributed by atoms with van der Waals surface area (Å²) in [7, 11) is 1.78. The number of fused-ring (bicyclic) bond motifs is 5. The maximum Gasteiger partial charge on any atom is 0.190 e. The zero-order valence-electron chi connectivity index (χ0n) is 16.2. The third-order valence-corrected chi connectivity index (χ3v) is 6.62. The van der Waals surface area contributed by atoms with Crippen molar-refractivity contribution in [1.29, 1.82) is 0 Å². The molecule has 2 bridgehead atoms. The molecule has 6 nitrogen and oxygen atoms in total. The molecule has 1 saturated carbocycles. The van der Waals surface area contributed by atoms with Gasteiger partial charge in [0, 0.05) is 13.7 Å². The molecule has 26 heavy (non-hydrogen) atoms. The van der Waals surface area contributed by atoms with E-state index >= 15 is 0 Å². The Balaban J connectivity index is 1.48. The lowest BCUT2D eigenvalue weighted by Crippen LogP contribution is -2.58. The highest BCUT2D eigenvalue weighted by atomic mass is 16.9. The molecule has 0 amide bonds. The fourth-order valence-electron chi connectivity index (χ4n) is 5.83. The van der Waals surface area contributed by atoms with Gasteiger partial charge in [-0.15, -0.1) is 0 Å². The lowest BCUT2D eigenvalue weighted by atomic mass is 9.76. The van der Waals surface area contributed by atoms with Gasteiger partial charge >= 0.3 is 0 Å². The third kappa shape index (κ3) is 2.61. The van der Waals surface area contributed by atoms with E-state index in [0.29, 0.717) is 23.7 Å². The predicted octanol–water partition coefficient (Wildman–Crippen LogP) is 2.47. The Kier molecular flexibility index (Phi) is 3.89. The molecule has 3 aliphatic heterocycles. The second-order valence-electron chi connectivity index (χ2n) is 9.28. The van der Waals surface area contributed by atoms with Crippen LogP contribution in [0.3, 0.4) is 0 Å². The van der Waals surface area contributed by atoms with Crippen LogP contribution in [-0.2, 0) is 28.4 Å². The summed E-state index contributed by atoms with van der Waals surface area (Å²) in [4.78, 5) is 0. The molecule has 0 spiro atoms. The summed E-state index contributed by atoms with van der Waals surface area (Å²) < 4.78 is 36.9. The van der Waals surface area contributed by atoms with Gasteiger partial charge in [0.25, 0.3) is 0 Å². The first-order chi connectivity index (χ1) is 12.3. The van der Waals surface area contributed by atoms with Crippen molar-refractivity contribution in [1.82, 2.24) is 0 Å². The molecule has 146 valence electrons. The average molecular weight is 366 g/mol. The monoisotopic (exact) mass is 366 g/mol. The summed E-state index contributed by atoms with van der Waals surface area (Å²) in [5.41, 5.74) is 0. The van der Waals surface area contributed by atoms with Gasteiger partial charge in [-0.2, -0.15) is 0 Å². The lowest BCUT2D eigenvalue weighted by molar-refractivity contribution is -0.251. The zero-order valence-corrected chi connectivity index (χ0v) is 16.2. The molecule has 0 aromatic rings. The van der Waals surface area contributed by atoms with Gasteiger partial charge in [0.2, 0.25) is 0 Å². The minimum Gasteiger partial charge on any atom is -0.384 e. The highest BCUT2D eigenvalue weighted by Crippen LogP contribution is 2.54. The van der Waals surface area contributed by atoms with Crippen LogP contribution in [0.5, 0.6) is 0 Å². The van der Waals surface area contributed by atoms with E-state index in [4.69, 9.17) is 28.4 Å². The molecule has 5 rings (SSSR count). The molecule has 0 aromatic heterocycles. The van der Waals surface area contributed by atoms with Gasteiger partial charge in [0.15, 0.2) is 17.9 Å². The standard InChI is InChI=1S/C20H30O6/c1-19(2)23-15-14(13-11-7-6-10(8-11)12(13)9-21-5)22-18-17(16(15)24-19)25-20(3,4)26-18/h6-7,10-18H,8-9H2,1-5H3/t10-,11+,12-,13+,14-,15+,16+,17-,18-/m1/s1. The topological polar surface area (TPSA) is 55.4 Å². The maximum absolute atomic E-state index is 6.52. The molecule has 6 heteroatoms. The normalized spacial score (nSPS) is 53.0. The smallest absolute Gasteiger partial charge is 0.190 e. The Hall–Kier alpha value is -0.500. The zero-order chi connectivity index (χ0) is 18.3. The summed E-state index contributed by atoms with van der Waals surface area (Å²) in [6, 6.07) is 0. The number of rotatable bonds is 3. The summed E-state index contributed by atoms with van der Waals surface area (Å²) in [5, 5.41) is 0. The first kappa shape index (κ1) is 17.6. The largest absolute Gasteiger partial charge is 0.384 e. The minimum atomic E-state index is -0.675. The van der Waals surface area contributed by atoms with Gasteiger partial charge in [0.05, 0.1) is 6.10 Å². The molecule has 4 fully saturated rings. The molecular formula is C20H30O6. The van der Waals surface area contributed by atoms with E-state index < -0.39 is 17.9 Å². The van der Waals surface area contributed by atoms with E-state index in [1.807, 2.05) is 27.7 Å². The maximum atomic E-state index is 6.52. The van der Waals surface area contributed by atoms with E-state index in [2.05, 4.69) is 12.2 Å². The summed E-state index contributed by atoms with van der Waals surface area (Å²) in [5.74, 6) is 0.544. The first-order valence-corrected chi connectivity index (χ1v) is 9.82. The van der Waals surface area contributed by atoms with Crippen molar-refractivity contribution in [2.45, 2.75) is 76.4 Å². The van der Waals surface area contributed by atoms with Crippen molar-refractivity contribution < 1.29 is 28.4 Å². The molecule has 0 radical (unpaired) electrons. The van der Waals surface area contributed by atoms with Crippen molar-refractivity contribution in [3.63, 3.8) is 0 Å². The Labute approximate surface area is 155 Å². The van der Waals surface area contributed by atoms with E-state index in [0.717, 1.165) is 6.61 Å². The highest BCUT2D eigenvalue weighted by Gasteiger charge is 2.64. The Morgan fingerprint density at radius 2 is 1.46 bits per heavy atom. The second-order valence-corrected chi connectivity index (χ2v) is 9.28. The number of hydrogen-bond donors (Lipinski definition) is 0. The summed E-state index contributed by atoms with van der Waals surface area (Å²) in [6.45, 7) is 8.52. The summed E-state index contributed by atoms with van der Waals surface area (Å²) in [6.07, 6.45) is 4.79. The number of hydrogen-bond acceptors (Lipinski definition) is 6. The van der Waals surface area contributed by atoms with Gasteiger partial charge in [-0.25, -0.2) is 0 Å². The van der Waals surface area contributed by atoms with Crippen LogP contribution < -0.4 is 0 Å². The fourth-order valence-corrected chi connectivity index (χ4v) is 5.83. The van der Waals surface area contributed by atoms with Crippen LogP contribution >= 0.6 is 0 Å². The molecule has 0 unspecified atom stereocenters. The first-order valence-electron chi connectivity index (χ1n) is 9.82. The van der Waals surface area contributed by atoms with Crippen LogP contribution in [0.2, 0.25) is 0 Å². The Bertz CT molecular complexity index is 601. The van der Waals surface area contributed by atoms with E-state index in [-0.39, 0.29) is 24.4 Å². The SMILES string of the molecule is COC[C@H]1[C@@H]([C@H]2O[C@@H]3OC(C)(C)O[C@@H]3[C@H]3OC(C)(C)O[C@H]32)[C@H]2C=C[C@@H]1C2. The van der Waals surface area contributed by atoms with Gasteiger partial charge in [-0.05, 0) is 57.8 Å². The van der Waals surface area contributed by atoms with Crippen LogP contribution in [-0.4, -0.2) is 56.0 Å². The summed E-state index contributed by atoms with van der Waals surface area (Å²) >= 11 is 0. The molecule has 0 aromatic carbocycles. The molecular weight excluding hydrogens is 336 g/mol. The number of allylic oxidation sites excluding steroid dienone is 2. The average Bonchev–Trinajstić information content (AvgIpc) is 3.26. The van der Waals surface area contributed by atoms with Crippen molar-refractivity contribution >= 4 is 0 Å². The fraction of sp³-hybridized carbons (Fsp3) is 0.900. The molecule has 5 aliphatic rings. The van der Waals surface area contributed by atoms with Crippen LogP contribution in [0.1, 0.15) is 34.1 Å². The Morgan fingerprint density at radius 3 is 2.19 bits per heavy atom. The van der Waals surface area contributed by atoms with Crippen LogP contribution in [0.25, 0.3) is 0 Å². The predicted molar refractivity (Wildman–Crippen MR) is 92.1 cm³/mol. The van der Waals surface area contributed by atoms with Gasteiger partial charge in [-0.1, -0.05) is 12.2 Å². The van der Waals surface area contributed by atoms with E-state index in [1.165, 1.54) is 6.42 Å². The van der Waals surface area contributed by atoms with Crippen molar-refractivity contribution in [2.75, 3.05) is 13.7 Å². The van der Waals surface area contributed by atoms with Gasteiger partial charge in [-0.3, -0.25) is 0 Å². The minimum absolute atomic E-state index is 0.0828. The van der Waals surface area contributed by atoms with E-state index in [1.54, 1.807) is 7.11 Å². The van der Waals surface area contributed by atoms with Gasteiger partial charge < -0.3 is 28.4 Å². The molecule has 3 heterocycles. The Morgan fingerprint density at radius 1 is 0.846 bits per heavy atom. The number of ether oxygens (including phenoxy) is 6. The lowest BCUT2D eigenvalue weighted by Gasteiger charge is -2.43. The molecule has 0 N–H and O–H groups in total. The highest BCUT2D eigenvalue weighted by molar-refractivity contribution is 5.17. The molecule has 2 aliphatic carbocycles. The van der Waals surface area contributed by atoms with Crippen molar-refractivity contribution in [3.05, 3.63) is 12.2 Å². The van der Waals surface area contributed by atoms with Crippen LogP contribution in [0.4, 0.5) is 0 Å². The third-order valence-electron chi connectivity index (χ3n) is 6.62. The number of methoxy groups -OCH3 is 1. The van der Waals surface area contributed by atoms with Crippen molar-refractivity contribution in [3.8, 4) is 0 Å². The molecule has 3 saturated heterocycles.